The van der Waals surface area contributed by atoms with Crippen molar-refractivity contribution in [1.82, 2.24) is 0 Å². The van der Waals surface area contributed by atoms with E-state index in [0.717, 1.165) is 29.6 Å². The highest BCUT2D eigenvalue weighted by Gasteiger charge is 2.58. The van der Waals surface area contributed by atoms with Crippen LogP contribution in [0.3, 0.4) is 0 Å². The third kappa shape index (κ3) is 3.76. The van der Waals surface area contributed by atoms with E-state index < -0.39 is 0 Å². The summed E-state index contributed by atoms with van der Waals surface area (Å²) < 4.78 is 0. The van der Waals surface area contributed by atoms with E-state index in [1.54, 1.807) is 38.5 Å². The van der Waals surface area contributed by atoms with Crippen molar-refractivity contribution in [1.29, 1.82) is 0 Å². The van der Waals surface area contributed by atoms with Gasteiger partial charge in [-0.3, -0.25) is 0 Å². The van der Waals surface area contributed by atoms with Crippen LogP contribution in [-0.4, -0.2) is 0 Å². The molecule has 3 saturated carbocycles. The van der Waals surface area contributed by atoms with Gasteiger partial charge in [0.25, 0.3) is 0 Å². The zero-order valence-corrected chi connectivity index (χ0v) is 19.4. The largest absolute Gasteiger partial charge is 0.0882 e. The van der Waals surface area contributed by atoms with Crippen LogP contribution in [0.1, 0.15) is 124 Å². The highest BCUT2D eigenvalue weighted by Crippen LogP contribution is 2.67. The first-order valence-electron chi connectivity index (χ1n) is 13.3. The fourth-order valence-corrected chi connectivity index (χ4v) is 8.76. The number of allylic oxidation sites excluding steroid dienone is 2. The van der Waals surface area contributed by atoms with Gasteiger partial charge in [-0.1, -0.05) is 77.9 Å². The molecular formula is C28H48. The summed E-state index contributed by atoms with van der Waals surface area (Å²) in [5, 5.41) is 0. The third-order valence-corrected chi connectivity index (χ3v) is 10.5. The lowest BCUT2D eigenvalue weighted by Crippen LogP contribution is -2.52. The van der Waals surface area contributed by atoms with Gasteiger partial charge in [0.15, 0.2) is 0 Å². The number of fused-ring (bicyclic) bond motifs is 5. The van der Waals surface area contributed by atoms with Gasteiger partial charge in [0.05, 0.1) is 0 Å². The molecule has 0 N–H and O–H groups in total. The molecule has 4 aliphatic carbocycles. The molecule has 4 rings (SSSR count). The molecule has 0 nitrogen and oxygen atoms in total. The first kappa shape index (κ1) is 21.0. The maximum absolute atomic E-state index is 2.74. The predicted octanol–water partition coefficient (Wildman–Crippen LogP) is 8.95. The molecule has 0 saturated heterocycles. The van der Waals surface area contributed by atoms with Crippen molar-refractivity contribution in [2.45, 2.75) is 124 Å². The zero-order valence-electron chi connectivity index (χ0n) is 19.4. The Morgan fingerprint density at radius 2 is 1.50 bits per heavy atom. The number of unbranched alkanes of at least 4 members (excludes halogenated alkanes) is 6. The summed E-state index contributed by atoms with van der Waals surface area (Å²) in [6.45, 7) is 7.75. The standard InChI is InChI=1S/C28H48/c1-4-5-6-7-8-9-10-13-23-16-18-25-24-17-15-22-14-11-12-20-27(22,2)26(24)19-21-28(23,25)3/h11,14,22-26H,4-10,12-13,15-21H2,1-3H3/t22?,23?,24-,25-,26-,27-,28+/m0/s1. The molecular weight excluding hydrogens is 336 g/mol. The smallest absolute Gasteiger partial charge is 0.0177 e. The van der Waals surface area contributed by atoms with E-state index in [1.807, 2.05) is 0 Å². The Kier molecular flexibility index (Phi) is 6.64. The summed E-state index contributed by atoms with van der Waals surface area (Å²) in [4.78, 5) is 0. The molecule has 0 radical (unpaired) electrons. The molecule has 28 heavy (non-hydrogen) atoms. The summed E-state index contributed by atoms with van der Waals surface area (Å²) in [7, 11) is 0. The number of hydrogen-bond donors (Lipinski definition) is 0. The van der Waals surface area contributed by atoms with Gasteiger partial charge in [0.1, 0.15) is 0 Å². The molecule has 3 fully saturated rings. The second kappa shape index (κ2) is 8.85. The third-order valence-electron chi connectivity index (χ3n) is 10.5. The molecule has 0 aromatic rings. The first-order chi connectivity index (χ1) is 13.6. The van der Waals surface area contributed by atoms with Crippen LogP contribution in [0.15, 0.2) is 12.2 Å². The maximum atomic E-state index is 2.74. The van der Waals surface area contributed by atoms with Gasteiger partial charge in [-0.2, -0.15) is 0 Å². The van der Waals surface area contributed by atoms with Crippen LogP contribution in [0.2, 0.25) is 0 Å². The molecule has 0 amide bonds. The zero-order chi connectivity index (χ0) is 19.6. The van der Waals surface area contributed by atoms with E-state index in [2.05, 4.69) is 32.9 Å². The lowest BCUT2D eigenvalue weighted by Gasteiger charge is -2.59. The number of hydrogen-bond acceptors (Lipinski definition) is 0. The summed E-state index contributed by atoms with van der Waals surface area (Å²) in [5.74, 6) is 5.10. The van der Waals surface area contributed by atoms with Gasteiger partial charge >= 0.3 is 0 Å². The van der Waals surface area contributed by atoms with Gasteiger partial charge in [0.2, 0.25) is 0 Å². The van der Waals surface area contributed by atoms with Crippen LogP contribution in [0.25, 0.3) is 0 Å². The second-order valence-electron chi connectivity index (χ2n) is 11.8. The molecule has 0 heteroatoms. The Bertz CT molecular complexity index is 532. The molecule has 2 unspecified atom stereocenters. The summed E-state index contributed by atoms with van der Waals surface area (Å²) in [6, 6.07) is 0. The average Bonchev–Trinajstić information content (AvgIpc) is 3.03. The summed E-state index contributed by atoms with van der Waals surface area (Å²) in [6.07, 6.45) is 29.0. The van der Waals surface area contributed by atoms with Crippen LogP contribution in [0.4, 0.5) is 0 Å². The average molecular weight is 385 g/mol. The SMILES string of the molecule is CCCCCCCCCC1CC[C@H]2[C@@H]3CCC4C=CCC[C@]4(C)[C@H]3CC[C@]12C. The molecule has 0 aromatic heterocycles. The van der Waals surface area contributed by atoms with Gasteiger partial charge < -0.3 is 0 Å². The van der Waals surface area contributed by atoms with Gasteiger partial charge in [0, 0.05) is 0 Å². The molecule has 160 valence electrons. The van der Waals surface area contributed by atoms with E-state index in [9.17, 15) is 0 Å². The monoisotopic (exact) mass is 384 g/mol. The van der Waals surface area contributed by atoms with Gasteiger partial charge in [-0.15, -0.1) is 0 Å². The van der Waals surface area contributed by atoms with Crippen LogP contribution in [0, 0.1) is 40.4 Å². The van der Waals surface area contributed by atoms with Crippen LogP contribution in [0.5, 0.6) is 0 Å². The van der Waals surface area contributed by atoms with Crippen LogP contribution < -0.4 is 0 Å². The molecule has 0 heterocycles. The van der Waals surface area contributed by atoms with Crippen molar-refractivity contribution in [2.24, 2.45) is 40.4 Å². The van der Waals surface area contributed by atoms with E-state index in [1.165, 1.54) is 64.2 Å². The van der Waals surface area contributed by atoms with Gasteiger partial charge in [-0.25, -0.2) is 0 Å². The van der Waals surface area contributed by atoms with E-state index in [-0.39, 0.29) is 0 Å². The van der Waals surface area contributed by atoms with E-state index >= 15 is 0 Å². The summed E-state index contributed by atoms with van der Waals surface area (Å²) in [5.41, 5.74) is 1.33. The topological polar surface area (TPSA) is 0 Å². The molecule has 0 spiro atoms. The Morgan fingerprint density at radius 1 is 0.750 bits per heavy atom. The quantitative estimate of drug-likeness (QED) is 0.289. The summed E-state index contributed by atoms with van der Waals surface area (Å²) >= 11 is 0. The Labute approximate surface area is 176 Å². The first-order valence-corrected chi connectivity index (χ1v) is 13.3. The second-order valence-corrected chi connectivity index (χ2v) is 11.8. The Hall–Kier alpha value is -0.260. The Balaban J connectivity index is 1.33. The lowest BCUT2D eigenvalue weighted by molar-refractivity contribution is -0.0913. The van der Waals surface area contributed by atoms with Crippen molar-refractivity contribution in [3.05, 3.63) is 12.2 Å². The number of rotatable bonds is 8. The fourth-order valence-electron chi connectivity index (χ4n) is 8.76. The van der Waals surface area contributed by atoms with Gasteiger partial charge in [-0.05, 0) is 98.2 Å². The highest BCUT2D eigenvalue weighted by atomic mass is 14.6. The predicted molar refractivity (Wildman–Crippen MR) is 122 cm³/mol. The van der Waals surface area contributed by atoms with Crippen LogP contribution >= 0.6 is 0 Å². The maximum Gasteiger partial charge on any atom is -0.0177 e. The minimum Gasteiger partial charge on any atom is -0.0882 e. The van der Waals surface area contributed by atoms with Crippen molar-refractivity contribution in [3.8, 4) is 0 Å². The van der Waals surface area contributed by atoms with Crippen molar-refractivity contribution < 1.29 is 0 Å². The highest BCUT2D eigenvalue weighted by molar-refractivity contribution is 5.13. The molecule has 0 aromatic carbocycles. The van der Waals surface area contributed by atoms with E-state index in [4.69, 9.17) is 0 Å². The van der Waals surface area contributed by atoms with Crippen molar-refractivity contribution >= 4 is 0 Å². The van der Waals surface area contributed by atoms with Crippen LogP contribution in [-0.2, 0) is 0 Å². The van der Waals surface area contributed by atoms with Crippen molar-refractivity contribution in [3.63, 3.8) is 0 Å². The molecule has 0 aliphatic heterocycles. The van der Waals surface area contributed by atoms with Crippen molar-refractivity contribution in [2.75, 3.05) is 0 Å². The lowest BCUT2D eigenvalue weighted by atomic mass is 9.45. The molecule has 0 bridgehead atoms. The normalized spacial score (nSPS) is 44.8. The minimum atomic E-state index is 0.634. The molecule has 4 aliphatic rings. The Morgan fingerprint density at radius 3 is 2.32 bits per heavy atom. The minimum absolute atomic E-state index is 0.634. The van der Waals surface area contributed by atoms with E-state index in [0.29, 0.717) is 10.8 Å². The fraction of sp³-hybridized carbons (Fsp3) is 0.929. The molecule has 7 atom stereocenters.